The average molecular weight is 290 g/mol. The van der Waals surface area contributed by atoms with E-state index in [2.05, 4.69) is 11.9 Å². The number of methoxy groups -OCH3 is 1. The third kappa shape index (κ3) is 2.82. The molecular weight excluding hydrogens is 272 g/mol. The van der Waals surface area contributed by atoms with Gasteiger partial charge in [0.25, 0.3) is 0 Å². The lowest BCUT2D eigenvalue weighted by molar-refractivity contribution is -0.116. The predicted octanol–water partition coefficient (Wildman–Crippen LogP) is 2.77. The number of thiazole rings is 1. The molecule has 20 heavy (non-hydrogen) atoms. The van der Waals surface area contributed by atoms with Crippen molar-refractivity contribution in [1.82, 2.24) is 4.57 Å². The van der Waals surface area contributed by atoms with Crippen LogP contribution in [0.5, 0.6) is 5.75 Å². The molecule has 0 aliphatic carbocycles. The second-order valence-corrected chi connectivity index (χ2v) is 5.49. The molecule has 4 nitrogen and oxygen atoms in total. The zero-order chi connectivity index (χ0) is 14.7. The van der Waals surface area contributed by atoms with Crippen LogP contribution < -0.4 is 9.54 Å². The van der Waals surface area contributed by atoms with Crippen molar-refractivity contribution in [2.45, 2.75) is 20.3 Å². The van der Waals surface area contributed by atoms with Gasteiger partial charge in [0, 0.05) is 18.8 Å². The molecule has 0 fully saturated rings. The van der Waals surface area contributed by atoms with Crippen LogP contribution >= 0.6 is 11.3 Å². The monoisotopic (exact) mass is 290 g/mol. The lowest BCUT2D eigenvalue weighted by atomic mass is 10.1. The van der Waals surface area contributed by atoms with E-state index < -0.39 is 0 Å². The van der Waals surface area contributed by atoms with Gasteiger partial charge in [0.15, 0.2) is 4.80 Å². The van der Waals surface area contributed by atoms with Crippen LogP contribution in [0, 0.1) is 0 Å². The van der Waals surface area contributed by atoms with Crippen LogP contribution in [0.1, 0.15) is 18.7 Å². The van der Waals surface area contributed by atoms with Gasteiger partial charge in [-0.25, -0.2) is 0 Å². The molecule has 0 bridgehead atoms. The number of benzene rings is 1. The first-order valence-corrected chi connectivity index (χ1v) is 7.26. The molecule has 0 atom stereocenters. The quantitative estimate of drug-likeness (QED) is 0.872. The zero-order valence-electron chi connectivity index (χ0n) is 12.1. The van der Waals surface area contributed by atoms with E-state index in [9.17, 15) is 4.79 Å². The molecule has 1 aromatic carbocycles. The maximum absolute atomic E-state index is 11.2. The standard InChI is InChI=1S/C15H18N2O2S/c1-5-13-14(11-6-8-12(19-4)9-7-11)17(3)15(20-13)16-10(2)18/h6-9H,5H2,1-4H3. The molecule has 1 heterocycles. The summed E-state index contributed by atoms with van der Waals surface area (Å²) in [7, 11) is 3.60. The summed E-state index contributed by atoms with van der Waals surface area (Å²) in [6.45, 7) is 3.58. The minimum absolute atomic E-state index is 0.175. The van der Waals surface area contributed by atoms with Gasteiger partial charge in [-0.3, -0.25) is 4.79 Å². The third-order valence-corrected chi connectivity index (χ3v) is 4.31. The first-order valence-electron chi connectivity index (χ1n) is 6.45. The molecule has 2 rings (SSSR count). The SMILES string of the molecule is CCc1sc(=NC(C)=O)n(C)c1-c1ccc(OC)cc1. The van der Waals surface area contributed by atoms with Gasteiger partial charge in [-0.1, -0.05) is 6.92 Å². The molecule has 1 amide bonds. The number of ether oxygens (including phenoxy) is 1. The van der Waals surface area contributed by atoms with Gasteiger partial charge in [0.05, 0.1) is 12.8 Å². The largest absolute Gasteiger partial charge is 0.497 e. The summed E-state index contributed by atoms with van der Waals surface area (Å²) in [5.41, 5.74) is 2.21. The van der Waals surface area contributed by atoms with E-state index in [-0.39, 0.29) is 5.91 Å². The predicted molar refractivity (Wildman–Crippen MR) is 80.9 cm³/mol. The number of hydrogen-bond donors (Lipinski definition) is 0. The number of nitrogens with zero attached hydrogens (tertiary/aromatic N) is 2. The van der Waals surface area contributed by atoms with Crippen molar-refractivity contribution in [2.24, 2.45) is 12.0 Å². The fraction of sp³-hybridized carbons (Fsp3) is 0.333. The van der Waals surface area contributed by atoms with Crippen molar-refractivity contribution >= 4 is 17.2 Å². The Morgan fingerprint density at radius 1 is 1.35 bits per heavy atom. The average Bonchev–Trinajstić information content (AvgIpc) is 2.75. The van der Waals surface area contributed by atoms with E-state index >= 15 is 0 Å². The van der Waals surface area contributed by atoms with E-state index in [0.29, 0.717) is 0 Å². The second-order valence-electron chi connectivity index (χ2n) is 4.43. The highest BCUT2D eigenvalue weighted by molar-refractivity contribution is 7.09. The first kappa shape index (κ1) is 14.5. The van der Waals surface area contributed by atoms with Gasteiger partial charge in [-0.2, -0.15) is 4.99 Å². The van der Waals surface area contributed by atoms with E-state index in [1.54, 1.807) is 18.4 Å². The third-order valence-electron chi connectivity index (χ3n) is 3.04. The summed E-state index contributed by atoms with van der Waals surface area (Å²) >= 11 is 1.56. The highest BCUT2D eigenvalue weighted by Crippen LogP contribution is 2.27. The highest BCUT2D eigenvalue weighted by atomic mass is 32.1. The van der Waals surface area contributed by atoms with Crippen molar-refractivity contribution < 1.29 is 9.53 Å². The topological polar surface area (TPSA) is 43.6 Å². The van der Waals surface area contributed by atoms with Gasteiger partial charge in [-0.05, 0) is 36.2 Å². The molecule has 0 aliphatic rings. The number of hydrogen-bond acceptors (Lipinski definition) is 3. The Hall–Kier alpha value is -1.88. The fourth-order valence-electron chi connectivity index (χ4n) is 2.09. The molecule has 106 valence electrons. The van der Waals surface area contributed by atoms with Crippen LogP contribution in [-0.2, 0) is 18.3 Å². The lowest BCUT2D eigenvalue weighted by Crippen LogP contribution is -2.13. The summed E-state index contributed by atoms with van der Waals surface area (Å²) in [5.74, 6) is 0.657. The molecule has 0 aliphatic heterocycles. The van der Waals surface area contributed by atoms with E-state index in [0.717, 1.165) is 28.2 Å². The highest BCUT2D eigenvalue weighted by Gasteiger charge is 2.12. The number of aryl methyl sites for hydroxylation is 1. The summed E-state index contributed by atoms with van der Waals surface area (Å²) in [6, 6.07) is 7.93. The van der Waals surface area contributed by atoms with Crippen molar-refractivity contribution in [1.29, 1.82) is 0 Å². The molecule has 0 saturated heterocycles. The molecule has 1 aromatic heterocycles. The Bertz CT molecular complexity index is 681. The maximum atomic E-state index is 11.2. The van der Waals surface area contributed by atoms with Crippen molar-refractivity contribution in [3.63, 3.8) is 0 Å². The van der Waals surface area contributed by atoms with Crippen molar-refractivity contribution in [3.05, 3.63) is 33.9 Å². The minimum Gasteiger partial charge on any atom is -0.497 e. The van der Waals surface area contributed by atoms with Crippen LogP contribution in [0.2, 0.25) is 0 Å². The Balaban J connectivity index is 2.60. The molecule has 0 N–H and O–H groups in total. The van der Waals surface area contributed by atoms with Gasteiger partial charge in [0.2, 0.25) is 5.91 Å². The zero-order valence-corrected chi connectivity index (χ0v) is 13.0. The maximum Gasteiger partial charge on any atom is 0.245 e. The molecule has 0 spiro atoms. The number of carbonyl (C=O) groups is 1. The van der Waals surface area contributed by atoms with E-state index in [4.69, 9.17) is 4.74 Å². The first-order chi connectivity index (χ1) is 9.56. The Morgan fingerprint density at radius 3 is 2.50 bits per heavy atom. The van der Waals surface area contributed by atoms with Gasteiger partial charge < -0.3 is 9.30 Å². The summed E-state index contributed by atoms with van der Waals surface area (Å²) in [6.07, 6.45) is 0.910. The Morgan fingerprint density at radius 2 is 2.00 bits per heavy atom. The van der Waals surface area contributed by atoms with Gasteiger partial charge in [0.1, 0.15) is 5.75 Å². The minimum atomic E-state index is -0.175. The van der Waals surface area contributed by atoms with Crippen LogP contribution in [0.15, 0.2) is 29.3 Å². The molecular formula is C15H18N2O2S. The van der Waals surface area contributed by atoms with Gasteiger partial charge in [-0.15, -0.1) is 11.3 Å². The lowest BCUT2D eigenvalue weighted by Gasteiger charge is -2.07. The number of carbonyl (C=O) groups excluding carboxylic acids is 1. The van der Waals surface area contributed by atoms with Crippen LogP contribution in [0.3, 0.4) is 0 Å². The smallest absolute Gasteiger partial charge is 0.245 e. The van der Waals surface area contributed by atoms with Crippen LogP contribution in [0.25, 0.3) is 11.3 Å². The van der Waals surface area contributed by atoms with Gasteiger partial charge >= 0.3 is 0 Å². The summed E-state index contributed by atoms with van der Waals surface area (Å²) < 4.78 is 7.16. The Kier molecular flexibility index (Phi) is 4.39. The Labute approximate surface area is 122 Å². The van der Waals surface area contributed by atoms with Crippen LogP contribution in [-0.4, -0.2) is 17.6 Å². The van der Waals surface area contributed by atoms with E-state index in [1.165, 1.54) is 11.8 Å². The summed E-state index contributed by atoms with van der Waals surface area (Å²) in [5, 5.41) is 0. The molecule has 0 radical (unpaired) electrons. The molecule has 0 unspecified atom stereocenters. The molecule has 5 heteroatoms. The van der Waals surface area contributed by atoms with Crippen molar-refractivity contribution in [3.8, 4) is 17.0 Å². The van der Waals surface area contributed by atoms with E-state index in [1.807, 2.05) is 35.9 Å². The molecule has 0 saturated carbocycles. The molecule has 2 aromatic rings. The second kappa shape index (κ2) is 6.05. The number of rotatable bonds is 3. The normalized spacial score (nSPS) is 11.7. The van der Waals surface area contributed by atoms with Crippen LogP contribution in [0.4, 0.5) is 0 Å². The van der Waals surface area contributed by atoms with Crippen molar-refractivity contribution in [2.75, 3.05) is 7.11 Å². The number of aromatic nitrogens is 1. The number of amides is 1. The summed E-state index contributed by atoms with van der Waals surface area (Å²) in [4.78, 5) is 17.2. The fourth-order valence-corrected chi connectivity index (χ4v) is 3.20.